The van der Waals surface area contributed by atoms with Crippen molar-refractivity contribution >= 4 is 12.0 Å². The number of ether oxygens (including phenoxy) is 1. The molecular weight excluding hydrogens is 312 g/mol. The molecule has 1 spiro atoms. The van der Waals surface area contributed by atoms with Crippen LogP contribution in [0.15, 0.2) is 12.3 Å². The average molecular weight is 336 g/mol. The van der Waals surface area contributed by atoms with Crippen LogP contribution >= 0.6 is 0 Å². The van der Waals surface area contributed by atoms with E-state index in [4.69, 9.17) is 4.74 Å². The molecular formula is C16H24N4O4. The van der Waals surface area contributed by atoms with Crippen LogP contribution in [0.4, 0.5) is 4.79 Å². The molecule has 1 aromatic heterocycles. The van der Waals surface area contributed by atoms with E-state index in [2.05, 4.69) is 10.4 Å². The maximum absolute atomic E-state index is 12.2. The number of aromatic nitrogens is 2. The zero-order valence-corrected chi connectivity index (χ0v) is 14.1. The van der Waals surface area contributed by atoms with Gasteiger partial charge in [-0.1, -0.05) is 6.42 Å². The molecule has 1 saturated heterocycles. The first-order valence-corrected chi connectivity index (χ1v) is 8.37. The molecule has 1 saturated carbocycles. The molecule has 1 aromatic rings. The van der Waals surface area contributed by atoms with Crippen LogP contribution < -0.4 is 5.32 Å². The average Bonchev–Trinajstić information content (AvgIpc) is 3.03. The Labute approximate surface area is 140 Å². The Morgan fingerprint density at radius 3 is 2.75 bits per heavy atom. The van der Waals surface area contributed by atoms with Crippen LogP contribution in [-0.2, 0) is 11.8 Å². The summed E-state index contributed by atoms with van der Waals surface area (Å²) in [4.78, 5) is 25.6. The Bertz CT molecular complexity index is 634. The van der Waals surface area contributed by atoms with E-state index in [1.54, 1.807) is 26.2 Å². The number of carbonyl (C=O) groups excluding carboxylic acids is 2. The lowest BCUT2D eigenvalue weighted by molar-refractivity contribution is -0.158. The van der Waals surface area contributed by atoms with Gasteiger partial charge in [-0.05, 0) is 38.7 Å². The van der Waals surface area contributed by atoms with E-state index in [1.165, 1.54) is 9.58 Å². The van der Waals surface area contributed by atoms with Crippen molar-refractivity contribution in [3.63, 3.8) is 0 Å². The van der Waals surface area contributed by atoms with E-state index < -0.39 is 17.4 Å². The van der Waals surface area contributed by atoms with Crippen molar-refractivity contribution in [2.24, 2.45) is 7.05 Å². The van der Waals surface area contributed by atoms with Crippen LogP contribution in [0.2, 0.25) is 0 Å². The molecule has 2 N–H and O–H groups in total. The van der Waals surface area contributed by atoms with Gasteiger partial charge in [0.15, 0.2) is 11.3 Å². The van der Waals surface area contributed by atoms with E-state index in [9.17, 15) is 14.7 Å². The van der Waals surface area contributed by atoms with Gasteiger partial charge in [-0.25, -0.2) is 4.79 Å². The maximum atomic E-state index is 12.2. The molecule has 2 amide bonds. The Morgan fingerprint density at radius 2 is 2.12 bits per heavy atom. The number of hydrogen-bond acceptors (Lipinski definition) is 5. The first kappa shape index (κ1) is 16.8. The third kappa shape index (κ3) is 2.64. The fraction of sp³-hybridized carbons (Fsp3) is 0.688. The van der Waals surface area contributed by atoms with Gasteiger partial charge >= 0.3 is 6.09 Å². The second-order valence-corrected chi connectivity index (χ2v) is 6.69. The highest BCUT2D eigenvalue weighted by atomic mass is 16.6. The highest BCUT2D eigenvalue weighted by Gasteiger charge is 2.61. The fourth-order valence-corrected chi connectivity index (χ4v) is 3.72. The number of nitrogens with one attached hydrogen (secondary N) is 1. The van der Waals surface area contributed by atoms with Crippen molar-refractivity contribution in [3.8, 4) is 0 Å². The zero-order chi connectivity index (χ0) is 17.4. The quantitative estimate of drug-likeness (QED) is 0.855. The van der Waals surface area contributed by atoms with Crippen LogP contribution in [0.1, 0.15) is 49.5 Å². The van der Waals surface area contributed by atoms with Gasteiger partial charge in [-0.3, -0.25) is 14.4 Å². The van der Waals surface area contributed by atoms with Gasteiger partial charge in [-0.2, -0.15) is 5.10 Å². The molecule has 8 nitrogen and oxygen atoms in total. The van der Waals surface area contributed by atoms with Gasteiger partial charge in [0.05, 0.1) is 0 Å². The Balaban J connectivity index is 1.62. The number of aryl methyl sites for hydroxylation is 1. The first-order valence-electron chi connectivity index (χ1n) is 8.37. The van der Waals surface area contributed by atoms with Gasteiger partial charge in [-0.15, -0.1) is 0 Å². The Kier molecular flexibility index (Phi) is 4.25. The molecule has 2 fully saturated rings. The molecule has 0 radical (unpaired) electrons. The first-order chi connectivity index (χ1) is 11.4. The predicted octanol–water partition coefficient (Wildman–Crippen LogP) is 1.01. The van der Waals surface area contributed by atoms with E-state index in [1.807, 2.05) is 0 Å². The lowest BCUT2D eigenvalue weighted by Gasteiger charge is -2.42. The maximum Gasteiger partial charge on any atom is 0.412 e. The van der Waals surface area contributed by atoms with Gasteiger partial charge in [0.1, 0.15) is 5.69 Å². The van der Waals surface area contributed by atoms with Gasteiger partial charge < -0.3 is 15.2 Å². The third-order valence-electron chi connectivity index (χ3n) is 5.23. The SMILES string of the molecule is Cn1nccc1C(=O)NCCN1C(=O)OC2(CCCCC2)C1(C)O. The van der Waals surface area contributed by atoms with Crippen molar-refractivity contribution in [1.82, 2.24) is 20.0 Å². The molecule has 8 heteroatoms. The van der Waals surface area contributed by atoms with Crippen molar-refractivity contribution in [1.29, 1.82) is 0 Å². The molecule has 24 heavy (non-hydrogen) atoms. The summed E-state index contributed by atoms with van der Waals surface area (Å²) in [6, 6.07) is 1.62. The lowest BCUT2D eigenvalue weighted by atomic mass is 9.77. The molecule has 1 atom stereocenters. The lowest BCUT2D eigenvalue weighted by Crippen LogP contribution is -2.58. The topological polar surface area (TPSA) is 96.7 Å². The molecule has 1 unspecified atom stereocenters. The van der Waals surface area contributed by atoms with Gasteiger partial charge in [0, 0.05) is 26.3 Å². The zero-order valence-electron chi connectivity index (χ0n) is 14.1. The highest BCUT2D eigenvalue weighted by molar-refractivity contribution is 5.92. The number of rotatable bonds is 4. The van der Waals surface area contributed by atoms with Crippen LogP contribution in [-0.4, -0.2) is 56.2 Å². The molecule has 2 heterocycles. The molecule has 0 aromatic carbocycles. The molecule has 3 rings (SSSR count). The molecule has 1 aliphatic carbocycles. The minimum Gasteiger partial charge on any atom is -0.438 e. The number of nitrogens with zero attached hydrogens (tertiary/aromatic N) is 3. The summed E-state index contributed by atoms with van der Waals surface area (Å²) in [6.07, 6.45) is 5.34. The van der Waals surface area contributed by atoms with Crippen LogP contribution in [0.5, 0.6) is 0 Å². The van der Waals surface area contributed by atoms with Crippen LogP contribution in [0.3, 0.4) is 0 Å². The number of aliphatic hydroxyl groups is 1. The molecule has 1 aliphatic heterocycles. The minimum absolute atomic E-state index is 0.192. The van der Waals surface area contributed by atoms with Gasteiger partial charge in [0.2, 0.25) is 0 Å². The Morgan fingerprint density at radius 1 is 1.42 bits per heavy atom. The van der Waals surface area contributed by atoms with E-state index >= 15 is 0 Å². The van der Waals surface area contributed by atoms with Crippen molar-refractivity contribution in [2.45, 2.75) is 50.4 Å². The molecule has 0 bridgehead atoms. The third-order valence-corrected chi connectivity index (χ3v) is 5.23. The summed E-state index contributed by atoms with van der Waals surface area (Å²) in [5.41, 5.74) is -1.75. The number of carbonyl (C=O) groups is 2. The van der Waals surface area contributed by atoms with Crippen LogP contribution in [0.25, 0.3) is 0 Å². The van der Waals surface area contributed by atoms with E-state index in [0.717, 1.165) is 19.3 Å². The van der Waals surface area contributed by atoms with Crippen LogP contribution in [0, 0.1) is 0 Å². The minimum atomic E-state index is -1.36. The number of hydrogen-bond donors (Lipinski definition) is 2. The Hall–Kier alpha value is -2.09. The van der Waals surface area contributed by atoms with Crippen molar-refractivity contribution in [2.75, 3.05) is 13.1 Å². The fourth-order valence-electron chi connectivity index (χ4n) is 3.72. The van der Waals surface area contributed by atoms with E-state index in [-0.39, 0.29) is 19.0 Å². The molecule has 132 valence electrons. The normalized spacial score (nSPS) is 25.8. The summed E-state index contributed by atoms with van der Waals surface area (Å²) in [7, 11) is 1.68. The smallest absolute Gasteiger partial charge is 0.412 e. The largest absolute Gasteiger partial charge is 0.438 e. The monoisotopic (exact) mass is 336 g/mol. The van der Waals surface area contributed by atoms with Crippen molar-refractivity contribution in [3.05, 3.63) is 18.0 Å². The van der Waals surface area contributed by atoms with Crippen molar-refractivity contribution < 1.29 is 19.4 Å². The molecule has 2 aliphatic rings. The number of amides is 2. The summed E-state index contributed by atoms with van der Waals surface area (Å²) >= 11 is 0. The summed E-state index contributed by atoms with van der Waals surface area (Å²) in [6.45, 7) is 2.05. The van der Waals surface area contributed by atoms with E-state index in [0.29, 0.717) is 18.5 Å². The summed E-state index contributed by atoms with van der Waals surface area (Å²) in [5, 5.41) is 17.6. The standard InChI is InChI=1S/C16H24N4O4/c1-15(23)16(7-4-3-5-8-16)24-14(22)20(15)11-10-17-13(21)12-6-9-18-19(12)2/h6,9,23H,3-5,7-8,10-11H2,1-2H3,(H,17,21). The second kappa shape index (κ2) is 6.08. The summed E-state index contributed by atoms with van der Waals surface area (Å²) in [5.74, 6) is -0.269. The summed E-state index contributed by atoms with van der Waals surface area (Å²) < 4.78 is 7.06. The predicted molar refractivity (Wildman–Crippen MR) is 85.2 cm³/mol. The second-order valence-electron chi connectivity index (χ2n) is 6.69. The highest BCUT2D eigenvalue weighted by Crippen LogP contribution is 2.46. The van der Waals surface area contributed by atoms with Gasteiger partial charge in [0.25, 0.3) is 5.91 Å².